The molecule has 6 nitrogen and oxygen atoms in total. The highest BCUT2D eigenvalue weighted by atomic mass is 16.5. The molecular formula is C22H34O6. The topological polar surface area (TPSA) is 55.4 Å². The first kappa shape index (κ1) is 24.3. The highest BCUT2D eigenvalue weighted by Gasteiger charge is 2.02. The number of hydrogen-bond donors (Lipinski definition) is 0. The summed E-state index contributed by atoms with van der Waals surface area (Å²) in [5.41, 5.74) is 4.15. The highest BCUT2D eigenvalue weighted by molar-refractivity contribution is 5.68. The molecule has 6 heteroatoms. The number of benzene rings is 1. The first-order valence-electron chi connectivity index (χ1n) is 9.47. The molecule has 0 aliphatic heterocycles. The minimum atomic E-state index is 0.480. The van der Waals surface area contributed by atoms with E-state index in [9.17, 15) is 0 Å². The van der Waals surface area contributed by atoms with Gasteiger partial charge in [0.1, 0.15) is 6.61 Å². The highest BCUT2D eigenvalue weighted by Crippen LogP contribution is 2.18. The van der Waals surface area contributed by atoms with E-state index in [0.29, 0.717) is 59.5 Å². The molecule has 0 heterocycles. The smallest absolute Gasteiger partial charge is 0.111 e. The average Bonchev–Trinajstić information content (AvgIpc) is 2.72. The van der Waals surface area contributed by atoms with Crippen LogP contribution in [0.25, 0.3) is 11.1 Å². The third kappa shape index (κ3) is 11.2. The summed E-state index contributed by atoms with van der Waals surface area (Å²) in [6, 6.07) is 8.19. The van der Waals surface area contributed by atoms with Crippen molar-refractivity contribution in [2.75, 3.05) is 73.7 Å². The lowest BCUT2D eigenvalue weighted by molar-refractivity contribution is 0.0325. The van der Waals surface area contributed by atoms with Crippen LogP contribution >= 0.6 is 0 Å². The van der Waals surface area contributed by atoms with E-state index in [0.717, 1.165) is 22.3 Å². The molecule has 0 aliphatic rings. The van der Waals surface area contributed by atoms with Gasteiger partial charge in [-0.25, -0.2) is 0 Å². The largest absolute Gasteiger partial charge is 0.498 e. The Bertz CT molecular complexity index is 553. The van der Waals surface area contributed by atoms with Crippen molar-refractivity contribution < 1.29 is 28.4 Å². The molecule has 1 rings (SSSR count). The molecule has 0 saturated heterocycles. The summed E-state index contributed by atoms with van der Waals surface area (Å²) in [5, 5.41) is 0. The summed E-state index contributed by atoms with van der Waals surface area (Å²) in [6.07, 6.45) is 1.76. The van der Waals surface area contributed by atoms with E-state index in [1.165, 1.54) is 0 Å². The van der Waals surface area contributed by atoms with Crippen LogP contribution in [0.3, 0.4) is 0 Å². The van der Waals surface area contributed by atoms with Crippen molar-refractivity contribution >= 4 is 11.1 Å². The van der Waals surface area contributed by atoms with Gasteiger partial charge in [0.25, 0.3) is 0 Å². The molecule has 0 bridgehead atoms. The van der Waals surface area contributed by atoms with E-state index < -0.39 is 0 Å². The van der Waals surface area contributed by atoms with Crippen LogP contribution in [0.4, 0.5) is 0 Å². The molecule has 1 aromatic rings. The number of allylic oxidation sites excluding steroid dienone is 1. The van der Waals surface area contributed by atoms with Crippen molar-refractivity contribution in [2.45, 2.75) is 6.92 Å². The Balaban J connectivity index is 2.27. The van der Waals surface area contributed by atoms with E-state index >= 15 is 0 Å². The minimum absolute atomic E-state index is 0.480. The molecule has 0 aliphatic carbocycles. The second-order valence-electron chi connectivity index (χ2n) is 6.12. The van der Waals surface area contributed by atoms with Crippen LogP contribution in [0.1, 0.15) is 18.1 Å². The summed E-state index contributed by atoms with van der Waals surface area (Å²) in [7, 11) is 3.31. The van der Waals surface area contributed by atoms with Gasteiger partial charge in [-0.15, -0.1) is 0 Å². The van der Waals surface area contributed by atoms with Gasteiger partial charge in [0.05, 0.1) is 59.1 Å². The Hall–Kier alpha value is -1.70. The summed E-state index contributed by atoms with van der Waals surface area (Å²) in [4.78, 5) is 0. The van der Waals surface area contributed by atoms with Gasteiger partial charge >= 0.3 is 0 Å². The van der Waals surface area contributed by atoms with Gasteiger partial charge in [-0.3, -0.25) is 0 Å². The van der Waals surface area contributed by atoms with Crippen LogP contribution in [-0.2, 0) is 28.4 Å². The van der Waals surface area contributed by atoms with Crippen molar-refractivity contribution in [1.82, 2.24) is 0 Å². The van der Waals surface area contributed by atoms with Gasteiger partial charge in [0, 0.05) is 14.2 Å². The second kappa shape index (κ2) is 16.3. The zero-order valence-corrected chi connectivity index (χ0v) is 17.4. The van der Waals surface area contributed by atoms with Crippen LogP contribution in [0.2, 0.25) is 0 Å². The van der Waals surface area contributed by atoms with Crippen LogP contribution in [-0.4, -0.2) is 73.7 Å². The first-order valence-corrected chi connectivity index (χ1v) is 9.47. The maximum absolute atomic E-state index is 5.59. The summed E-state index contributed by atoms with van der Waals surface area (Å²) < 4.78 is 31.7. The lowest BCUT2D eigenvalue weighted by Gasteiger charge is -2.10. The molecule has 28 heavy (non-hydrogen) atoms. The van der Waals surface area contributed by atoms with Gasteiger partial charge in [-0.05, 0) is 29.2 Å². The Morgan fingerprint density at radius 2 is 1.25 bits per heavy atom. The third-order valence-electron chi connectivity index (χ3n) is 3.87. The Kier molecular flexibility index (Phi) is 14.1. The molecule has 0 unspecified atom stereocenters. The molecule has 0 aromatic heterocycles. The van der Waals surface area contributed by atoms with Crippen LogP contribution in [0.15, 0.2) is 37.1 Å². The Labute approximate surface area is 169 Å². The van der Waals surface area contributed by atoms with Crippen LogP contribution < -0.4 is 0 Å². The molecule has 0 saturated carbocycles. The van der Waals surface area contributed by atoms with E-state index in [1.807, 2.05) is 19.1 Å². The molecule has 0 atom stereocenters. The van der Waals surface area contributed by atoms with Gasteiger partial charge in [0.15, 0.2) is 0 Å². The Morgan fingerprint density at radius 3 is 1.86 bits per heavy atom. The van der Waals surface area contributed by atoms with Crippen LogP contribution in [0.5, 0.6) is 0 Å². The van der Waals surface area contributed by atoms with Gasteiger partial charge in [-0.1, -0.05) is 30.8 Å². The summed E-state index contributed by atoms with van der Waals surface area (Å²) >= 11 is 0. The number of methoxy groups -OCH3 is 2. The van der Waals surface area contributed by atoms with Gasteiger partial charge in [0.2, 0.25) is 0 Å². The predicted octanol–water partition coefficient (Wildman–Crippen LogP) is 3.42. The fraction of sp³-hybridized carbons (Fsp3) is 0.545. The fourth-order valence-electron chi connectivity index (χ4n) is 2.21. The zero-order valence-electron chi connectivity index (χ0n) is 17.4. The van der Waals surface area contributed by atoms with E-state index in [1.54, 1.807) is 20.5 Å². The van der Waals surface area contributed by atoms with Gasteiger partial charge < -0.3 is 28.4 Å². The SMILES string of the molecule is C=C(COCCOCCOC)c1ccc(/C(C)=C\OCCOCCOC)cc1. The summed E-state index contributed by atoms with van der Waals surface area (Å²) in [6.45, 7) is 11.1. The molecule has 0 radical (unpaired) electrons. The minimum Gasteiger partial charge on any atom is -0.498 e. The fourth-order valence-corrected chi connectivity index (χ4v) is 2.21. The predicted molar refractivity (Wildman–Crippen MR) is 111 cm³/mol. The molecule has 0 amide bonds. The van der Waals surface area contributed by atoms with Crippen molar-refractivity contribution in [3.63, 3.8) is 0 Å². The first-order chi connectivity index (χ1) is 13.7. The molecule has 0 N–H and O–H groups in total. The average molecular weight is 395 g/mol. The lowest BCUT2D eigenvalue weighted by Crippen LogP contribution is -2.09. The maximum atomic E-state index is 5.59. The quantitative estimate of drug-likeness (QED) is 0.298. The lowest BCUT2D eigenvalue weighted by atomic mass is 10.0. The molecule has 0 fully saturated rings. The molecular weight excluding hydrogens is 360 g/mol. The van der Waals surface area contributed by atoms with E-state index in [4.69, 9.17) is 28.4 Å². The normalized spacial score (nSPS) is 11.6. The van der Waals surface area contributed by atoms with Crippen molar-refractivity contribution in [3.05, 3.63) is 48.2 Å². The van der Waals surface area contributed by atoms with Crippen LogP contribution in [0, 0.1) is 0 Å². The molecule has 1 aromatic carbocycles. The zero-order chi connectivity index (χ0) is 20.5. The van der Waals surface area contributed by atoms with Gasteiger partial charge in [-0.2, -0.15) is 0 Å². The number of hydrogen-bond acceptors (Lipinski definition) is 6. The van der Waals surface area contributed by atoms with E-state index in [2.05, 4.69) is 18.7 Å². The molecule has 158 valence electrons. The van der Waals surface area contributed by atoms with Crippen molar-refractivity contribution in [3.8, 4) is 0 Å². The maximum Gasteiger partial charge on any atom is 0.111 e. The Morgan fingerprint density at radius 1 is 0.750 bits per heavy atom. The monoisotopic (exact) mass is 394 g/mol. The number of rotatable bonds is 17. The van der Waals surface area contributed by atoms with Crippen molar-refractivity contribution in [2.24, 2.45) is 0 Å². The standard InChI is InChI=1S/C22H34O6/c1-19(17-27-15-13-25-11-9-23-3)21-5-7-22(8-6-21)20(2)18-28-16-14-26-12-10-24-4/h5-8,18H,1,9-17H2,2-4H3/b20-18-. The third-order valence-corrected chi connectivity index (χ3v) is 3.87. The number of ether oxygens (including phenoxy) is 6. The molecule has 0 spiro atoms. The second-order valence-corrected chi connectivity index (χ2v) is 6.12. The summed E-state index contributed by atoms with van der Waals surface area (Å²) in [5.74, 6) is 0. The van der Waals surface area contributed by atoms with Crippen molar-refractivity contribution in [1.29, 1.82) is 0 Å². The van der Waals surface area contributed by atoms with E-state index in [-0.39, 0.29) is 0 Å².